The summed E-state index contributed by atoms with van der Waals surface area (Å²) in [5.41, 5.74) is 2.50. The molecule has 4 N–H and O–H groups in total. The molecule has 2 aromatic rings. The Morgan fingerprint density at radius 1 is 1.25 bits per heavy atom. The fourth-order valence-electron chi connectivity index (χ4n) is 3.18. The molecule has 0 saturated heterocycles. The Morgan fingerprint density at radius 2 is 1.96 bits per heavy atom. The molecule has 0 saturated carbocycles. The van der Waals surface area contributed by atoms with Crippen LogP contribution in [0.3, 0.4) is 0 Å². The molecule has 1 aliphatic carbocycles. The van der Waals surface area contributed by atoms with Gasteiger partial charge in [-0.2, -0.15) is 0 Å². The van der Waals surface area contributed by atoms with Gasteiger partial charge in [0.2, 0.25) is 0 Å². The van der Waals surface area contributed by atoms with E-state index in [1.54, 1.807) is 37.4 Å². The molecule has 28 heavy (non-hydrogen) atoms. The number of fused-ring (bicyclic) bond motifs is 1. The summed E-state index contributed by atoms with van der Waals surface area (Å²) in [6.45, 7) is 0.0832. The van der Waals surface area contributed by atoms with Crippen LogP contribution in [0.2, 0.25) is 0 Å². The Kier molecular flexibility index (Phi) is 5.99. The maximum atomic E-state index is 12.5. The number of carbonyl (C=O) groups is 1. The van der Waals surface area contributed by atoms with Crippen LogP contribution in [0.1, 0.15) is 34.5 Å². The second-order valence-corrected chi connectivity index (χ2v) is 8.62. The van der Waals surface area contributed by atoms with Gasteiger partial charge in [-0.25, -0.2) is 8.99 Å². The molecule has 148 valence electrons. The highest BCUT2D eigenvalue weighted by Gasteiger charge is 2.16. The summed E-state index contributed by atoms with van der Waals surface area (Å²) in [6.07, 6.45) is 5.27. The summed E-state index contributed by atoms with van der Waals surface area (Å²) in [7, 11) is -1.31. The first-order valence-electron chi connectivity index (χ1n) is 9.17. The van der Waals surface area contributed by atoms with E-state index in [1.807, 2.05) is 0 Å². The number of hydrogen-bond donors (Lipinski definition) is 4. The van der Waals surface area contributed by atoms with Gasteiger partial charge in [0.25, 0.3) is 11.5 Å². The summed E-state index contributed by atoms with van der Waals surface area (Å²) < 4.78 is 20.5. The van der Waals surface area contributed by atoms with Crippen molar-refractivity contribution >= 4 is 21.3 Å². The smallest absolute Gasteiger partial charge is 0.261 e. The minimum absolute atomic E-state index is 0.0832. The maximum absolute atomic E-state index is 12.5. The van der Waals surface area contributed by atoms with E-state index in [4.69, 9.17) is 4.78 Å². The Labute approximate surface area is 164 Å². The van der Waals surface area contributed by atoms with Crippen LogP contribution < -0.4 is 16.2 Å². The quantitative estimate of drug-likeness (QED) is 0.597. The number of hydrogen-bond acceptors (Lipinski definition) is 5. The van der Waals surface area contributed by atoms with Crippen LogP contribution in [-0.4, -0.2) is 28.7 Å². The van der Waals surface area contributed by atoms with Crippen molar-refractivity contribution in [2.24, 2.45) is 0 Å². The van der Waals surface area contributed by atoms with Gasteiger partial charge in [0.15, 0.2) is 0 Å². The van der Waals surface area contributed by atoms with E-state index < -0.39 is 21.2 Å². The van der Waals surface area contributed by atoms with E-state index in [2.05, 4.69) is 15.6 Å². The highest BCUT2D eigenvalue weighted by Crippen LogP contribution is 2.18. The minimum Gasteiger partial charge on any atom is -0.388 e. The molecule has 0 spiro atoms. The molecule has 3 rings (SSSR count). The van der Waals surface area contributed by atoms with Crippen molar-refractivity contribution in [3.63, 3.8) is 0 Å². The highest BCUT2D eigenvalue weighted by atomic mass is 32.2. The summed E-state index contributed by atoms with van der Waals surface area (Å²) in [6, 6.07) is 8.44. The number of aryl methyl sites for hydroxylation is 2. The summed E-state index contributed by atoms with van der Waals surface area (Å²) in [5, 5.41) is 6.86. The maximum Gasteiger partial charge on any atom is 0.261 e. The van der Waals surface area contributed by atoms with Crippen molar-refractivity contribution in [1.29, 1.82) is 4.78 Å². The summed E-state index contributed by atoms with van der Waals surface area (Å²) >= 11 is 0. The average molecular weight is 401 g/mol. The van der Waals surface area contributed by atoms with Gasteiger partial charge in [-0.05, 0) is 61.6 Å². The largest absolute Gasteiger partial charge is 0.388 e. The van der Waals surface area contributed by atoms with Crippen molar-refractivity contribution in [2.75, 3.05) is 18.9 Å². The molecule has 0 fully saturated rings. The van der Waals surface area contributed by atoms with Crippen molar-refractivity contribution in [1.82, 2.24) is 10.3 Å². The third-order valence-corrected chi connectivity index (χ3v) is 6.29. The predicted octanol–water partition coefficient (Wildman–Crippen LogP) is 2.64. The Bertz CT molecular complexity index is 1050. The van der Waals surface area contributed by atoms with E-state index in [-0.39, 0.29) is 12.1 Å². The first-order chi connectivity index (χ1) is 13.4. The second-order valence-electron chi connectivity index (χ2n) is 6.68. The number of rotatable bonds is 6. The molecular weight excluding hydrogens is 376 g/mol. The molecule has 1 unspecified atom stereocenters. The number of benzene rings is 1. The minimum atomic E-state index is -3.10. The van der Waals surface area contributed by atoms with Gasteiger partial charge in [-0.3, -0.25) is 9.59 Å². The number of amides is 1. The van der Waals surface area contributed by atoms with E-state index in [9.17, 15) is 13.8 Å². The second kappa shape index (κ2) is 8.43. The average Bonchev–Trinajstić information content (AvgIpc) is 2.70. The summed E-state index contributed by atoms with van der Waals surface area (Å²) in [4.78, 5) is 27.7. The van der Waals surface area contributed by atoms with Gasteiger partial charge in [0.05, 0.1) is 14.6 Å². The fraction of sp³-hybridized carbons (Fsp3) is 0.300. The van der Waals surface area contributed by atoms with Crippen molar-refractivity contribution < 1.29 is 9.00 Å². The molecule has 1 aromatic carbocycles. The van der Waals surface area contributed by atoms with Crippen LogP contribution >= 0.6 is 0 Å². The van der Waals surface area contributed by atoms with Crippen LogP contribution in [0.15, 0.2) is 51.5 Å². The molecule has 0 bridgehead atoms. The Morgan fingerprint density at radius 3 is 2.68 bits per heavy atom. The normalized spacial score (nSPS) is 15.6. The number of pyridine rings is 1. The van der Waals surface area contributed by atoms with Gasteiger partial charge >= 0.3 is 0 Å². The lowest BCUT2D eigenvalue weighted by Gasteiger charge is -2.15. The lowest BCUT2D eigenvalue weighted by Crippen LogP contribution is -2.31. The van der Waals surface area contributed by atoms with Gasteiger partial charge in [-0.15, -0.1) is 0 Å². The van der Waals surface area contributed by atoms with Crippen LogP contribution in [0.4, 0.5) is 5.69 Å². The monoisotopic (exact) mass is 400 g/mol. The van der Waals surface area contributed by atoms with Gasteiger partial charge in [0.1, 0.15) is 5.56 Å². The number of carbonyl (C=O) groups excluding carboxylic acids is 1. The predicted molar refractivity (Wildman–Crippen MR) is 110 cm³/mol. The number of H-pyrrole nitrogens is 1. The zero-order chi connectivity index (χ0) is 20.1. The molecule has 7 nitrogen and oxygen atoms in total. The highest BCUT2D eigenvalue weighted by molar-refractivity contribution is 7.95. The van der Waals surface area contributed by atoms with Crippen LogP contribution in [-0.2, 0) is 22.6 Å². The molecule has 1 aliphatic rings. The van der Waals surface area contributed by atoms with Crippen LogP contribution in [0.25, 0.3) is 0 Å². The van der Waals surface area contributed by atoms with E-state index in [0.717, 1.165) is 42.6 Å². The molecule has 0 radical (unpaired) electrons. The number of aromatic amines is 1. The van der Waals surface area contributed by atoms with Crippen molar-refractivity contribution in [3.05, 3.63) is 69.0 Å². The standard InChI is InChI=1S/C20H24N4O3S/c1-22-15-7-9-16(10-8-15)28(21,27)12-4-11-23-19(25)17-13-14-5-2-3-6-18(14)24-20(17)26/h4,7-10,12-13,21-22H,2-3,5-6,11H2,1H3,(H,23,25)(H,24,26)/b12-4+. The van der Waals surface area contributed by atoms with Crippen LogP contribution in [0, 0.1) is 4.78 Å². The third kappa shape index (κ3) is 4.51. The van der Waals surface area contributed by atoms with Gasteiger partial charge < -0.3 is 15.6 Å². The number of nitrogens with one attached hydrogen (secondary N) is 4. The zero-order valence-electron chi connectivity index (χ0n) is 15.7. The molecular formula is C20H24N4O3S. The first kappa shape index (κ1) is 19.9. The van der Waals surface area contributed by atoms with E-state index in [1.165, 1.54) is 11.5 Å². The molecule has 1 aromatic heterocycles. The summed E-state index contributed by atoms with van der Waals surface area (Å²) in [5.74, 6) is -0.478. The molecule has 1 heterocycles. The number of aromatic nitrogens is 1. The number of anilines is 1. The first-order valence-corrected chi connectivity index (χ1v) is 10.8. The Hall–Kier alpha value is -2.87. The van der Waals surface area contributed by atoms with Gasteiger partial charge in [-0.1, -0.05) is 6.08 Å². The van der Waals surface area contributed by atoms with E-state index >= 15 is 0 Å². The third-order valence-electron chi connectivity index (χ3n) is 4.74. The lowest BCUT2D eigenvalue weighted by atomic mass is 9.95. The lowest BCUT2D eigenvalue weighted by molar-refractivity contribution is 0.0956. The molecule has 1 atom stereocenters. The van der Waals surface area contributed by atoms with Crippen molar-refractivity contribution in [2.45, 2.75) is 30.6 Å². The fourth-order valence-corrected chi connectivity index (χ4v) is 4.24. The zero-order valence-corrected chi connectivity index (χ0v) is 16.5. The van der Waals surface area contributed by atoms with Crippen molar-refractivity contribution in [3.8, 4) is 0 Å². The molecule has 0 aliphatic heterocycles. The SMILES string of the molecule is CNc1ccc(S(=N)(=O)/C=C/CNC(=O)c2cc3c([nH]c2=O)CCCC3)cc1. The van der Waals surface area contributed by atoms with Crippen LogP contribution in [0.5, 0.6) is 0 Å². The Balaban J connectivity index is 1.64. The topological polar surface area (TPSA) is 115 Å². The molecule has 8 heteroatoms. The molecule has 1 amide bonds. The van der Waals surface area contributed by atoms with E-state index in [0.29, 0.717) is 4.90 Å². The van der Waals surface area contributed by atoms with Gasteiger partial charge in [0, 0.05) is 30.4 Å².